The molecular formula is C13H12F4N2S2. The minimum Gasteiger partial charge on any atom is -0.315 e. The van der Waals surface area contributed by atoms with Crippen LogP contribution >= 0.6 is 23.1 Å². The summed E-state index contributed by atoms with van der Waals surface area (Å²) in [5.74, 6) is -0.569. The molecule has 2 aromatic rings. The summed E-state index contributed by atoms with van der Waals surface area (Å²) in [6.45, 7) is 0.0373. The molecule has 1 aromatic carbocycles. The predicted molar refractivity (Wildman–Crippen MR) is 77.1 cm³/mol. The van der Waals surface area contributed by atoms with Crippen LogP contribution in [0.1, 0.15) is 10.6 Å². The van der Waals surface area contributed by atoms with E-state index in [1.807, 2.05) is 0 Å². The smallest absolute Gasteiger partial charge is 0.315 e. The first-order valence-electron chi connectivity index (χ1n) is 5.92. The molecule has 0 atom stereocenters. The summed E-state index contributed by atoms with van der Waals surface area (Å²) in [5, 5.41) is 2.73. The Morgan fingerprint density at radius 1 is 1.33 bits per heavy atom. The number of thiazole rings is 1. The molecule has 114 valence electrons. The normalized spacial score (nSPS) is 11.9. The maximum atomic E-state index is 14.0. The number of thioether (sulfide) groups is 1. The summed E-state index contributed by atoms with van der Waals surface area (Å²) >= 11 is 2.13. The van der Waals surface area contributed by atoms with Gasteiger partial charge in [-0.3, -0.25) is 0 Å². The van der Waals surface area contributed by atoms with Crippen LogP contribution in [0.5, 0.6) is 0 Å². The molecule has 0 spiro atoms. The first-order chi connectivity index (χ1) is 9.88. The average molecular weight is 336 g/mol. The Balaban J connectivity index is 2.61. The van der Waals surface area contributed by atoms with Gasteiger partial charge < -0.3 is 5.32 Å². The number of alkyl halides is 3. The van der Waals surface area contributed by atoms with Crippen molar-refractivity contribution in [2.45, 2.75) is 17.6 Å². The molecule has 1 N–H and O–H groups in total. The van der Waals surface area contributed by atoms with E-state index >= 15 is 0 Å². The van der Waals surface area contributed by atoms with Crippen molar-refractivity contribution in [3.05, 3.63) is 34.6 Å². The third-order valence-electron chi connectivity index (χ3n) is 2.71. The second kappa shape index (κ2) is 6.33. The molecule has 8 heteroatoms. The van der Waals surface area contributed by atoms with Crippen molar-refractivity contribution in [1.29, 1.82) is 0 Å². The van der Waals surface area contributed by atoms with Crippen LogP contribution in [-0.4, -0.2) is 18.3 Å². The van der Waals surface area contributed by atoms with Crippen molar-refractivity contribution < 1.29 is 17.6 Å². The van der Waals surface area contributed by atoms with Gasteiger partial charge in [-0.25, -0.2) is 9.37 Å². The molecular weight excluding hydrogens is 324 g/mol. The Labute approximate surface area is 127 Å². The highest BCUT2D eigenvalue weighted by Crippen LogP contribution is 2.40. The molecule has 0 amide bonds. The Kier molecular flexibility index (Phi) is 4.90. The Morgan fingerprint density at radius 3 is 2.62 bits per heavy atom. The molecule has 0 bridgehead atoms. The zero-order valence-electron chi connectivity index (χ0n) is 11.2. The molecule has 0 fully saturated rings. The molecule has 2 rings (SSSR count). The summed E-state index contributed by atoms with van der Waals surface area (Å²) in [6, 6.07) is 4.41. The van der Waals surface area contributed by atoms with E-state index in [1.54, 1.807) is 19.4 Å². The van der Waals surface area contributed by atoms with E-state index in [2.05, 4.69) is 10.3 Å². The monoisotopic (exact) mass is 336 g/mol. The molecule has 0 radical (unpaired) electrons. The summed E-state index contributed by atoms with van der Waals surface area (Å²) < 4.78 is 53.0. The largest absolute Gasteiger partial charge is 0.434 e. The van der Waals surface area contributed by atoms with E-state index in [0.717, 1.165) is 11.3 Å². The quantitative estimate of drug-likeness (QED) is 0.661. The molecule has 21 heavy (non-hydrogen) atoms. The van der Waals surface area contributed by atoms with Crippen molar-refractivity contribution in [2.24, 2.45) is 0 Å². The summed E-state index contributed by atoms with van der Waals surface area (Å²) in [5.41, 5.74) is -0.824. The lowest BCUT2D eigenvalue weighted by molar-refractivity contribution is -0.141. The molecule has 0 aliphatic heterocycles. The third-order valence-corrected chi connectivity index (χ3v) is 4.57. The van der Waals surface area contributed by atoms with Gasteiger partial charge in [0.25, 0.3) is 0 Å². The van der Waals surface area contributed by atoms with Crippen LogP contribution in [0.4, 0.5) is 17.6 Å². The third kappa shape index (κ3) is 3.38. The second-order valence-corrected chi connectivity index (χ2v) is 6.07. The maximum absolute atomic E-state index is 14.0. The maximum Gasteiger partial charge on any atom is 0.434 e. The first-order valence-corrected chi connectivity index (χ1v) is 7.97. The molecule has 0 unspecified atom stereocenters. The van der Waals surface area contributed by atoms with E-state index in [9.17, 15) is 17.6 Å². The van der Waals surface area contributed by atoms with Crippen LogP contribution < -0.4 is 5.32 Å². The highest BCUT2D eigenvalue weighted by atomic mass is 32.2. The predicted octanol–water partition coefficient (Wildman–Crippen LogP) is 4.41. The fourth-order valence-corrected chi connectivity index (χ4v) is 3.67. The van der Waals surface area contributed by atoms with Gasteiger partial charge in [-0.15, -0.1) is 23.1 Å². The van der Waals surface area contributed by atoms with Crippen LogP contribution in [0.25, 0.3) is 10.6 Å². The van der Waals surface area contributed by atoms with Gasteiger partial charge in [-0.1, -0.05) is 6.07 Å². The van der Waals surface area contributed by atoms with Gasteiger partial charge in [-0.05, 0) is 25.4 Å². The highest BCUT2D eigenvalue weighted by molar-refractivity contribution is 7.98. The summed E-state index contributed by atoms with van der Waals surface area (Å²) in [4.78, 5) is 4.25. The summed E-state index contributed by atoms with van der Waals surface area (Å²) in [6.07, 6.45) is -2.81. The Bertz CT molecular complexity index is 638. The van der Waals surface area contributed by atoms with Crippen molar-refractivity contribution in [2.75, 3.05) is 13.3 Å². The summed E-state index contributed by atoms with van der Waals surface area (Å²) in [7, 11) is 1.55. The van der Waals surface area contributed by atoms with Crippen molar-refractivity contribution in [3.8, 4) is 10.6 Å². The number of nitrogens with one attached hydrogen (secondary N) is 1. The minimum absolute atomic E-state index is 0.0373. The lowest BCUT2D eigenvalue weighted by Crippen LogP contribution is -2.12. The zero-order chi connectivity index (χ0) is 15.6. The van der Waals surface area contributed by atoms with Gasteiger partial charge in [0.15, 0.2) is 5.69 Å². The fourth-order valence-electron chi connectivity index (χ4n) is 1.84. The number of hydrogen-bond donors (Lipinski definition) is 1. The zero-order valence-corrected chi connectivity index (χ0v) is 12.8. The van der Waals surface area contributed by atoms with Gasteiger partial charge in [0.2, 0.25) is 0 Å². The van der Waals surface area contributed by atoms with Crippen molar-refractivity contribution in [3.63, 3.8) is 0 Å². The average Bonchev–Trinajstić information content (AvgIpc) is 2.82. The molecule has 1 heterocycles. The Hall–Kier alpha value is -1.12. The molecule has 2 nitrogen and oxygen atoms in total. The van der Waals surface area contributed by atoms with Crippen LogP contribution in [0.15, 0.2) is 23.1 Å². The Morgan fingerprint density at radius 2 is 2.05 bits per heavy atom. The number of nitrogens with zero attached hydrogens (tertiary/aromatic N) is 1. The van der Waals surface area contributed by atoms with Crippen molar-refractivity contribution >= 4 is 23.1 Å². The lowest BCUT2D eigenvalue weighted by atomic mass is 10.2. The number of aromatic nitrogens is 1. The van der Waals surface area contributed by atoms with Crippen LogP contribution in [0.3, 0.4) is 0 Å². The van der Waals surface area contributed by atoms with E-state index in [1.165, 1.54) is 23.9 Å². The first kappa shape index (κ1) is 16.3. The molecule has 0 saturated heterocycles. The number of benzene rings is 1. The number of halogens is 4. The van der Waals surface area contributed by atoms with Gasteiger partial charge >= 0.3 is 6.18 Å². The van der Waals surface area contributed by atoms with Gasteiger partial charge in [0.1, 0.15) is 10.8 Å². The number of hydrogen-bond acceptors (Lipinski definition) is 4. The van der Waals surface area contributed by atoms with Gasteiger partial charge in [0, 0.05) is 11.4 Å². The SMILES string of the molecule is CNCc1sc(-c2c(F)cccc2SC)nc1C(F)(F)F. The standard InChI is InChI=1S/C13H12F4N2S2/c1-18-6-9-11(13(15,16)17)19-12(21-9)10-7(14)4-3-5-8(10)20-2/h3-5,18H,6H2,1-2H3. The van der Waals surface area contributed by atoms with Crippen LogP contribution in [0.2, 0.25) is 0 Å². The topological polar surface area (TPSA) is 24.9 Å². The highest BCUT2D eigenvalue weighted by Gasteiger charge is 2.37. The molecule has 0 aliphatic carbocycles. The van der Waals surface area contributed by atoms with Crippen LogP contribution in [-0.2, 0) is 12.7 Å². The fraction of sp³-hybridized carbons (Fsp3) is 0.308. The number of rotatable bonds is 4. The molecule has 0 aliphatic rings. The molecule has 0 saturated carbocycles. The van der Waals surface area contributed by atoms with Gasteiger partial charge in [0.05, 0.1) is 10.4 Å². The van der Waals surface area contributed by atoms with Gasteiger partial charge in [-0.2, -0.15) is 13.2 Å². The molecule has 1 aromatic heterocycles. The lowest BCUT2D eigenvalue weighted by Gasteiger charge is -2.06. The van der Waals surface area contributed by atoms with E-state index in [0.29, 0.717) is 4.90 Å². The van der Waals surface area contributed by atoms with Crippen LogP contribution in [0, 0.1) is 5.82 Å². The van der Waals surface area contributed by atoms with E-state index in [4.69, 9.17) is 0 Å². The second-order valence-electron chi connectivity index (χ2n) is 4.14. The van der Waals surface area contributed by atoms with E-state index < -0.39 is 17.7 Å². The van der Waals surface area contributed by atoms with Crippen molar-refractivity contribution in [1.82, 2.24) is 10.3 Å². The minimum atomic E-state index is -4.55. The van der Waals surface area contributed by atoms with E-state index in [-0.39, 0.29) is 22.0 Å².